The van der Waals surface area contributed by atoms with Crippen LogP contribution in [0.1, 0.15) is 32.1 Å². The van der Waals surface area contributed by atoms with Crippen LogP contribution in [0.25, 0.3) is 0 Å². The third kappa shape index (κ3) is 5.71. The number of carboxylic acid groups (broad SMARTS) is 1. The van der Waals surface area contributed by atoms with Gasteiger partial charge in [0.25, 0.3) is 0 Å². The molecule has 0 radical (unpaired) electrons. The fraction of sp³-hybridized carbons (Fsp3) is 0.667. The summed E-state index contributed by atoms with van der Waals surface area (Å²) in [6.45, 7) is 0. The van der Waals surface area contributed by atoms with E-state index in [4.69, 9.17) is 28.3 Å². The Hall–Kier alpha value is -0.260. The fourth-order valence-corrected chi connectivity index (χ4v) is 2.47. The summed E-state index contributed by atoms with van der Waals surface area (Å²) in [5, 5.41) is 12.3. The lowest BCUT2D eigenvalue weighted by Crippen LogP contribution is -2.30. The smallest absolute Gasteiger partial charge is 0.352 e. The molecule has 0 saturated heterocycles. The van der Waals surface area contributed by atoms with Gasteiger partial charge in [0.05, 0.1) is 5.92 Å². The molecule has 1 aliphatic rings. The van der Waals surface area contributed by atoms with Crippen molar-refractivity contribution in [2.45, 2.75) is 36.4 Å². The molecule has 19 heavy (non-hydrogen) atoms. The van der Waals surface area contributed by atoms with Crippen LogP contribution in [-0.2, 0) is 9.59 Å². The number of hydrogen-bond donors (Lipinski definition) is 2. The highest BCUT2D eigenvalue weighted by Gasteiger charge is 2.56. The Morgan fingerprint density at radius 2 is 2.00 bits per heavy atom. The van der Waals surface area contributed by atoms with Crippen LogP contribution in [0.2, 0.25) is 0 Å². The third-order valence-corrected chi connectivity index (χ3v) is 4.21. The first-order chi connectivity index (χ1) is 8.88. The van der Waals surface area contributed by atoms with Gasteiger partial charge >= 0.3 is 5.97 Å². The molecule has 1 saturated carbocycles. The van der Waals surface area contributed by atoms with E-state index in [2.05, 4.69) is 21.2 Å². The van der Waals surface area contributed by atoms with Crippen molar-refractivity contribution in [1.82, 2.24) is 5.32 Å². The van der Waals surface area contributed by atoms with Gasteiger partial charge in [-0.25, -0.2) is 4.79 Å². The van der Waals surface area contributed by atoms with E-state index in [1.165, 1.54) is 6.08 Å². The second-order valence-electron chi connectivity index (χ2n) is 4.47. The highest BCUT2D eigenvalue weighted by Crippen LogP contribution is 2.53. The average Bonchev–Trinajstić information content (AvgIpc) is 2.96. The number of hydrogen-bond acceptors (Lipinski definition) is 2. The molecular formula is C12H16BrCl2NO3. The molecule has 0 heterocycles. The quantitative estimate of drug-likeness (QED) is 0.390. The second kappa shape index (κ2) is 7.50. The number of allylic oxidation sites excluding steroid dienone is 1. The predicted octanol–water partition coefficient (Wildman–Crippen LogP) is 3.22. The van der Waals surface area contributed by atoms with Gasteiger partial charge in [-0.15, -0.1) is 23.2 Å². The maximum atomic E-state index is 11.7. The van der Waals surface area contributed by atoms with E-state index < -0.39 is 22.1 Å². The molecule has 0 spiro atoms. The van der Waals surface area contributed by atoms with Crippen LogP contribution in [0.4, 0.5) is 0 Å². The monoisotopic (exact) mass is 371 g/mol. The maximum Gasteiger partial charge on any atom is 0.352 e. The molecule has 1 unspecified atom stereocenters. The Labute approximate surface area is 130 Å². The van der Waals surface area contributed by atoms with Crippen molar-refractivity contribution in [2.24, 2.45) is 5.92 Å². The number of alkyl halides is 3. The minimum absolute atomic E-state index is 0.0973. The molecule has 0 bridgehead atoms. The Balaban J connectivity index is 2.42. The summed E-state index contributed by atoms with van der Waals surface area (Å²) in [5.41, 5.74) is -0.0973. The molecule has 0 aromatic rings. The number of rotatable bonds is 8. The predicted molar refractivity (Wildman–Crippen MR) is 78.7 cm³/mol. The lowest BCUT2D eigenvalue weighted by atomic mass is 10.2. The molecule has 2 N–H and O–H groups in total. The fourth-order valence-electron chi connectivity index (χ4n) is 1.57. The summed E-state index contributed by atoms with van der Waals surface area (Å²) in [5.74, 6) is -2.10. The van der Waals surface area contributed by atoms with Gasteiger partial charge in [0, 0.05) is 5.33 Å². The molecule has 1 rings (SSSR count). The number of carboxylic acids is 1. The van der Waals surface area contributed by atoms with Gasteiger partial charge in [0.1, 0.15) is 10.0 Å². The zero-order valence-corrected chi connectivity index (χ0v) is 13.4. The van der Waals surface area contributed by atoms with Gasteiger partial charge in [0.2, 0.25) is 5.91 Å². The first kappa shape index (κ1) is 16.8. The average molecular weight is 373 g/mol. The molecule has 108 valence electrons. The van der Waals surface area contributed by atoms with Crippen molar-refractivity contribution in [3.05, 3.63) is 11.8 Å². The Morgan fingerprint density at radius 3 is 2.47 bits per heavy atom. The van der Waals surface area contributed by atoms with Crippen LogP contribution < -0.4 is 5.32 Å². The number of unbranched alkanes of at least 4 members (excludes halogenated alkanes) is 3. The van der Waals surface area contributed by atoms with E-state index in [0.29, 0.717) is 12.8 Å². The number of carbonyl (C=O) groups excluding carboxylic acids is 1. The Kier molecular flexibility index (Phi) is 6.63. The first-order valence-electron chi connectivity index (χ1n) is 6.06. The normalized spacial score (nSPS) is 21.0. The van der Waals surface area contributed by atoms with Crippen LogP contribution in [-0.4, -0.2) is 26.6 Å². The van der Waals surface area contributed by atoms with Crippen molar-refractivity contribution in [3.63, 3.8) is 0 Å². The minimum Gasteiger partial charge on any atom is -0.477 e. The van der Waals surface area contributed by atoms with Gasteiger partial charge < -0.3 is 10.4 Å². The number of aliphatic carboxylic acids is 1. The lowest BCUT2D eigenvalue weighted by Gasteiger charge is -2.06. The second-order valence-corrected chi connectivity index (χ2v) is 6.80. The highest BCUT2D eigenvalue weighted by molar-refractivity contribution is 9.09. The molecule has 4 nitrogen and oxygen atoms in total. The molecule has 1 aliphatic carbocycles. The Bertz CT molecular complexity index is 385. The standard InChI is InChI=1S/C12H16BrCl2NO3/c13-6-4-2-1-3-5-9(11(18)19)16-10(17)8-7-12(8,14)15/h5,8H,1-4,6-7H2,(H,16,17)(H,18,19)/b9-5+. The number of halogens is 3. The van der Waals surface area contributed by atoms with Crippen LogP contribution in [0.3, 0.4) is 0 Å². The van der Waals surface area contributed by atoms with Crippen molar-refractivity contribution < 1.29 is 14.7 Å². The summed E-state index contributed by atoms with van der Waals surface area (Å²) < 4.78 is -1.04. The minimum atomic E-state index is -1.15. The number of carbonyl (C=O) groups is 2. The van der Waals surface area contributed by atoms with Crippen LogP contribution in [0.5, 0.6) is 0 Å². The zero-order valence-electron chi connectivity index (χ0n) is 10.3. The molecule has 0 aromatic heterocycles. The molecule has 7 heteroatoms. The van der Waals surface area contributed by atoms with Crippen molar-refractivity contribution in [1.29, 1.82) is 0 Å². The van der Waals surface area contributed by atoms with Gasteiger partial charge in [-0.05, 0) is 25.7 Å². The summed E-state index contributed by atoms with van der Waals surface area (Å²) >= 11 is 14.8. The van der Waals surface area contributed by atoms with Gasteiger partial charge in [-0.2, -0.15) is 0 Å². The summed E-state index contributed by atoms with van der Waals surface area (Å²) in [6.07, 6.45) is 5.45. The molecule has 1 atom stereocenters. The van der Waals surface area contributed by atoms with E-state index >= 15 is 0 Å². The molecular weight excluding hydrogens is 357 g/mol. The van der Waals surface area contributed by atoms with E-state index in [0.717, 1.165) is 24.6 Å². The zero-order chi connectivity index (χ0) is 14.5. The summed E-state index contributed by atoms with van der Waals surface area (Å²) in [4.78, 5) is 22.7. The molecule has 0 aromatic carbocycles. The van der Waals surface area contributed by atoms with E-state index in [1.807, 2.05) is 0 Å². The largest absolute Gasteiger partial charge is 0.477 e. The molecule has 1 fully saturated rings. The first-order valence-corrected chi connectivity index (χ1v) is 7.94. The highest BCUT2D eigenvalue weighted by atomic mass is 79.9. The van der Waals surface area contributed by atoms with Gasteiger partial charge in [-0.1, -0.05) is 28.4 Å². The van der Waals surface area contributed by atoms with E-state index in [1.54, 1.807) is 0 Å². The lowest BCUT2D eigenvalue weighted by molar-refractivity contribution is -0.134. The summed E-state index contributed by atoms with van der Waals surface area (Å²) in [6, 6.07) is 0. The third-order valence-electron chi connectivity index (χ3n) is 2.82. The van der Waals surface area contributed by atoms with Crippen LogP contribution in [0.15, 0.2) is 11.8 Å². The van der Waals surface area contributed by atoms with Crippen molar-refractivity contribution >= 4 is 51.0 Å². The van der Waals surface area contributed by atoms with Gasteiger partial charge in [0.15, 0.2) is 0 Å². The molecule has 0 aliphatic heterocycles. The van der Waals surface area contributed by atoms with Crippen LogP contribution in [0, 0.1) is 5.92 Å². The molecule has 1 amide bonds. The van der Waals surface area contributed by atoms with Gasteiger partial charge in [-0.3, -0.25) is 4.79 Å². The Morgan fingerprint density at radius 1 is 1.37 bits per heavy atom. The SMILES string of the molecule is O=C(O)/C(=C\CCCCCBr)NC(=O)C1CC1(Cl)Cl. The topological polar surface area (TPSA) is 66.4 Å². The summed E-state index contributed by atoms with van der Waals surface area (Å²) in [7, 11) is 0. The maximum absolute atomic E-state index is 11.7. The van der Waals surface area contributed by atoms with Crippen LogP contribution >= 0.6 is 39.1 Å². The number of nitrogens with one attached hydrogen (secondary N) is 1. The number of amides is 1. The van der Waals surface area contributed by atoms with E-state index in [-0.39, 0.29) is 5.70 Å². The van der Waals surface area contributed by atoms with E-state index in [9.17, 15) is 9.59 Å². The van der Waals surface area contributed by atoms with Crippen molar-refractivity contribution in [3.8, 4) is 0 Å². The van der Waals surface area contributed by atoms with Crippen molar-refractivity contribution in [2.75, 3.05) is 5.33 Å².